The molecule has 3 aromatic rings. The summed E-state index contributed by atoms with van der Waals surface area (Å²) < 4.78 is 24.5. The Morgan fingerprint density at radius 2 is 1.97 bits per heavy atom. The van der Waals surface area contributed by atoms with Gasteiger partial charge in [0.25, 0.3) is 0 Å². The lowest BCUT2D eigenvalue weighted by molar-refractivity contribution is -0.116. The minimum absolute atomic E-state index is 0.119. The van der Waals surface area contributed by atoms with Crippen molar-refractivity contribution in [1.29, 1.82) is 0 Å². The van der Waals surface area contributed by atoms with Crippen LogP contribution in [0.3, 0.4) is 0 Å². The van der Waals surface area contributed by atoms with Crippen LogP contribution in [-0.2, 0) is 4.79 Å². The number of nitrogens with one attached hydrogen (secondary N) is 1. The van der Waals surface area contributed by atoms with E-state index in [-0.39, 0.29) is 11.7 Å². The molecule has 0 radical (unpaired) electrons. The van der Waals surface area contributed by atoms with E-state index in [1.54, 1.807) is 31.6 Å². The minimum Gasteiger partial charge on any atom is -0.496 e. The first-order chi connectivity index (χ1) is 14.0. The fourth-order valence-electron chi connectivity index (χ4n) is 3.30. The molecule has 0 aliphatic carbocycles. The molecule has 1 aromatic heterocycles. The first kappa shape index (κ1) is 20.6. The molecule has 0 bridgehead atoms. The molecule has 0 aliphatic heterocycles. The van der Waals surface area contributed by atoms with Crippen molar-refractivity contribution in [2.45, 2.75) is 33.1 Å². The number of benzene rings is 2. The molecule has 0 saturated heterocycles. The molecule has 1 N–H and O–H groups in total. The van der Waals surface area contributed by atoms with Gasteiger partial charge in [-0.25, -0.2) is 4.39 Å². The smallest absolute Gasteiger partial charge is 0.244 e. The third-order valence-electron chi connectivity index (χ3n) is 4.90. The fourth-order valence-corrected chi connectivity index (χ4v) is 3.30. The Balaban J connectivity index is 1.94. The Labute approximate surface area is 170 Å². The van der Waals surface area contributed by atoms with Crippen molar-refractivity contribution in [3.63, 3.8) is 0 Å². The highest BCUT2D eigenvalue weighted by molar-refractivity contribution is 6.00. The first-order valence-electron chi connectivity index (χ1n) is 9.85. The van der Waals surface area contributed by atoms with Gasteiger partial charge in [-0.2, -0.15) is 0 Å². The quantitative estimate of drug-likeness (QED) is 0.378. The van der Waals surface area contributed by atoms with Crippen molar-refractivity contribution >= 4 is 22.4 Å². The molecule has 1 heterocycles. The van der Waals surface area contributed by atoms with Crippen LogP contribution >= 0.6 is 0 Å². The number of hydrogen-bond acceptors (Lipinski definition) is 3. The Morgan fingerprint density at radius 1 is 1.21 bits per heavy atom. The number of methoxy groups -OCH3 is 1. The van der Waals surface area contributed by atoms with E-state index >= 15 is 0 Å². The van der Waals surface area contributed by atoms with Crippen LogP contribution in [0.2, 0.25) is 0 Å². The highest BCUT2D eigenvalue weighted by Crippen LogP contribution is 2.37. The van der Waals surface area contributed by atoms with Crippen LogP contribution in [0, 0.1) is 5.82 Å². The summed E-state index contributed by atoms with van der Waals surface area (Å²) in [6, 6.07) is 10.0. The molecule has 29 heavy (non-hydrogen) atoms. The zero-order valence-corrected chi connectivity index (χ0v) is 17.0. The van der Waals surface area contributed by atoms with Crippen LogP contribution in [0.5, 0.6) is 5.75 Å². The van der Waals surface area contributed by atoms with Crippen molar-refractivity contribution in [2.75, 3.05) is 13.7 Å². The number of rotatable bonds is 8. The molecular formula is C24H26FNO3. The Morgan fingerprint density at radius 3 is 2.66 bits per heavy atom. The van der Waals surface area contributed by atoms with E-state index in [1.165, 1.54) is 12.1 Å². The van der Waals surface area contributed by atoms with Crippen LogP contribution in [0.15, 0.2) is 53.2 Å². The second kappa shape index (κ2) is 9.41. The number of halogens is 1. The third kappa shape index (κ3) is 4.86. The lowest BCUT2D eigenvalue weighted by Crippen LogP contribution is -2.22. The lowest BCUT2D eigenvalue weighted by atomic mass is 9.99. The maximum atomic E-state index is 13.3. The Bertz CT molecular complexity index is 1020. The second-order valence-corrected chi connectivity index (χ2v) is 7.03. The average Bonchev–Trinajstić information content (AvgIpc) is 3.13. The second-order valence-electron chi connectivity index (χ2n) is 7.03. The number of fused-ring (bicyclic) bond motifs is 1. The molecule has 4 nitrogen and oxygen atoms in total. The van der Waals surface area contributed by atoms with Gasteiger partial charge >= 0.3 is 0 Å². The molecular weight excluding hydrogens is 369 g/mol. The van der Waals surface area contributed by atoms with Crippen molar-refractivity contribution in [3.8, 4) is 16.9 Å². The molecule has 2 aromatic carbocycles. The van der Waals surface area contributed by atoms with E-state index < -0.39 is 0 Å². The van der Waals surface area contributed by atoms with Gasteiger partial charge in [-0.1, -0.05) is 31.9 Å². The highest BCUT2D eigenvalue weighted by atomic mass is 19.1. The molecule has 1 amide bonds. The van der Waals surface area contributed by atoms with Crippen molar-refractivity contribution in [3.05, 3.63) is 60.1 Å². The third-order valence-corrected chi connectivity index (χ3v) is 4.90. The van der Waals surface area contributed by atoms with E-state index in [9.17, 15) is 9.18 Å². The summed E-state index contributed by atoms with van der Waals surface area (Å²) in [7, 11) is 1.59. The molecule has 152 valence electrons. The molecule has 0 saturated carbocycles. The monoisotopic (exact) mass is 395 g/mol. The standard InChI is InChI=1S/C24H26FNO3/c1-4-5-6-11-26-24(27)12-16(2)19-13-20-21(17-7-9-18(25)10-8-17)15-29-23(20)14-22(19)28-3/h7-10,12-15H,4-6,11H2,1-3H3,(H,26,27)/b16-12+. The highest BCUT2D eigenvalue weighted by Gasteiger charge is 2.15. The summed E-state index contributed by atoms with van der Waals surface area (Å²) >= 11 is 0. The summed E-state index contributed by atoms with van der Waals surface area (Å²) in [6.45, 7) is 4.68. The molecule has 0 spiro atoms. The maximum Gasteiger partial charge on any atom is 0.244 e. The summed E-state index contributed by atoms with van der Waals surface area (Å²) in [5, 5.41) is 3.80. The van der Waals surface area contributed by atoms with Gasteiger partial charge in [-0.05, 0) is 42.7 Å². The van der Waals surface area contributed by atoms with Crippen molar-refractivity contribution in [2.24, 2.45) is 0 Å². The zero-order chi connectivity index (χ0) is 20.8. The first-order valence-corrected chi connectivity index (χ1v) is 9.85. The van der Waals surface area contributed by atoms with E-state index in [4.69, 9.17) is 9.15 Å². The van der Waals surface area contributed by atoms with Gasteiger partial charge in [-0.3, -0.25) is 4.79 Å². The lowest BCUT2D eigenvalue weighted by Gasteiger charge is -2.10. The number of amides is 1. The van der Waals surface area contributed by atoms with Gasteiger partial charge in [-0.15, -0.1) is 0 Å². The molecule has 0 atom stereocenters. The number of ether oxygens (including phenoxy) is 1. The fraction of sp³-hybridized carbons (Fsp3) is 0.292. The van der Waals surface area contributed by atoms with E-state index in [0.717, 1.165) is 46.9 Å². The van der Waals surface area contributed by atoms with Gasteiger partial charge < -0.3 is 14.5 Å². The summed E-state index contributed by atoms with van der Waals surface area (Å²) in [5.41, 5.74) is 4.00. The van der Waals surface area contributed by atoms with E-state index in [2.05, 4.69) is 12.2 Å². The molecule has 5 heteroatoms. The van der Waals surface area contributed by atoms with Gasteiger partial charge in [0.2, 0.25) is 5.91 Å². The summed E-state index contributed by atoms with van der Waals surface area (Å²) in [5.74, 6) is 0.226. The number of furan rings is 1. The Hall–Kier alpha value is -3.08. The van der Waals surface area contributed by atoms with Gasteiger partial charge in [0.1, 0.15) is 17.1 Å². The summed E-state index contributed by atoms with van der Waals surface area (Å²) in [6.07, 6.45) is 6.43. The van der Waals surface area contributed by atoms with E-state index in [1.807, 2.05) is 19.1 Å². The van der Waals surface area contributed by atoms with Crippen molar-refractivity contribution in [1.82, 2.24) is 5.32 Å². The van der Waals surface area contributed by atoms with E-state index in [0.29, 0.717) is 17.9 Å². The predicted molar refractivity (Wildman–Crippen MR) is 114 cm³/mol. The van der Waals surface area contributed by atoms with Crippen LogP contribution < -0.4 is 10.1 Å². The molecule has 0 aliphatic rings. The van der Waals surface area contributed by atoms with Crippen LogP contribution in [0.1, 0.15) is 38.7 Å². The maximum absolute atomic E-state index is 13.3. The normalized spacial score (nSPS) is 11.7. The zero-order valence-electron chi connectivity index (χ0n) is 17.0. The summed E-state index contributed by atoms with van der Waals surface area (Å²) in [4.78, 5) is 12.2. The minimum atomic E-state index is -0.285. The van der Waals surface area contributed by atoms with Gasteiger partial charge in [0.05, 0.1) is 13.4 Å². The molecule has 0 unspecified atom stereocenters. The van der Waals surface area contributed by atoms with Crippen molar-refractivity contribution < 1.29 is 18.3 Å². The Kier molecular flexibility index (Phi) is 6.70. The predicted octanol–water partition coefficient (Wildman–Crippen LogP) is 5.96. The number of carbonyl (C=O) groups excluding carboxylic acids is 1. The average molecular weight is 395 g/mol. The topological polar surface area (TPSA) is 51.5 Å². The number of carbonyl (C=O) groups is 1. The van der Waals surface area contributed by atoms with Gasteiger partial charge in [0, 0.05) is 35.2 Å². The SMILES string of the molecule is CCCCCNC(=O)/C=C(\C)c1cc2c(-c3ccc(F)cc3)coc2cc1OC. The number of allylic oxidation sites excluding steroid dienone is 1. The molecule has 0 fully saturated rings. The number of unbranched alkanes of at least 4 members (excludes halogenated alkanes) is 2. The van der Waals surface area contributed by atoms with Gasteiger partial charge in [0.15, 0.2) is 0 Å². The molecule has 3 rings (SSSR count). The largest absolute Gasteiger partial charge is 0.496 e. The van der Waals surface area contributed by atoms with Crippen LogP contribution in [0.4, 0.5) is 4.39 Å². The van der Waals surface area contributed by atoms with Crippen LogP contribution in [-0.4, -0.2) is 19.6 Å². The van der Waals surface area contributed by atoms with Crippen LogP contribution in [0.25, 0.3) is 27.7 Å². The number of hydrogen-bond donors (Lipinski definition) is 1.